The molecule has 5 aliphatic rings. The fourth-order valence-electron chi connectivity index (χ4n) is 5.93. The van der Waals surface area contributed by atoms with Gasteiger partial charge in [0.25, 0.3) is 0 Å². The third-order valence-corrected chi connectivity index (χ3v) is 6.16. The van der Waals surface area contributed by atoms with E-state index in [-0.39, 0.29) is 6.04 Å². The van der Waals surface area contributed by atoms with Gasteiger partial charge in [-0.2, -0.15) is 5.26 Å². The van der Waals surface area contributed by atoms with E-state index >= 15 is 0 Å². The van der Waals surface area contributed by atoms with Crippen LogP contribution in [0.1, 0.15) is 44.9 Å². The Morgan fingerprint density at radius 2 is 1.68 bits per heavy atom. The second kappa shape index (κ2) is 4.35. The predicted octanol–water partition coefficient (Wildman–Crippen LogP) is 3.36. The van der Waals surface area contributed by atoms with Crippen molar-refractivity contribution in [2.75, 3.05) is 13.1 Å². The van der Waals surface area contributed by atoms with E-state index in [4.69, 9.17) is 0 Å². The molecule has 0 radical (unpaired) electrons. The average molecular weight is 256 g/mol. The Labute approximate surface area is 116 Å². The van der Waals surface area contributed by atoms with E-state index in [1.54, 1.807) is 0 Å². The summed E-state index contributed by atoms with van der Waals surface area (Å²) >= 11 is 0. The number of nitrogens with zero attached hydrogens (tertiary/aromatic N) is 2. The number of rotatable bonds is 2. The molecule has 4 bridgehead atoms. The van der Waals surface area contributed by atoms with Crippen molar-refractivity contribution in [3.8, 4) is 6.07 Å². The summed E-state index contributed by atoms with van der Waals surface area (Å²) in [5, 5.41) is 9.35. The predicted molar refractivity (Wildman–Crippen MR) is 75.3 cm³/mol. The van der Waals surface area contributed by atoms with Crippen LogP contribution in [0.2, 0.25) is 0 Å². The monoisotopic (exact) mass is 256 g/mol. The maximum Gasteiger partial charge on any atom is 0.102 e. The van der Waals surface area contributed by atoms with Gasteiger partial charge in [-0.15, -0.1) is 0 Å². The lowest BCUT2D eigenvalue weighted by molar-refractivity contribution is -0.0708. The van der Waals surface area contributed by atoms with Crippen molar-refractivity contribution in [3.05, 3.63) is 12.2 Å². The maximum atomic E-state index is 9.35. The molecule has 4 fully saturated rings. The molecule has 5 rings (SSSR count). The van der Waals surface area contributed by atoms with Crippen LogP contribution in [0.3, 0.4) is 0 Å². The minimum Gasteiger partial charge on any atom is -0.284 e. The lowest BCUT2D eigenvalue weighted by atomic mass is 9.49. The largest absolute Gasteiger partial charge is 0.284 e. The summed E-state index contributed by atoms with van der Waals surface area (Å²) in [4.78, 5) is 2.47. The summed E-state index contributed by atoms with van der Waals surface area (Å²) in [6.07, 6.45) is 14.3. The number of nitriles is 1. The zero-order chi connectivity index (χ0) is 12.9. The van der Waals surface area contributed by atoms with Crippen LogP contribution in [0.5, 0.6) is 0 Å². The van der Waals surface area contributed by atoms with Crippen LogP contribution in [0.15, 0.2) is 12.2 Å². The van der Waals surface area contributed by atoms with Crippen molar-refractivity contribution in [3.63, 3.8) is 0 Å². The van der Waals surface area contributed by atoms with Gasteiger partial charge in [0.1, 0.15) is 6.04 Å². The summed E-state index contributed by atoms with van der Waals surface area (Å²) in [7, 11) is 0. The Morgan fingerprint density at radius 3 is 2.26 bits per heavy atom. The summed E-state index contributed by atoms with van der Waals surface area (Å²) in [5.74, 6) is 3.06. The van der Waals surface area contributed by atoms with Crippen LogP contribution in [0, 0.1) is 34.5 Å². The molecule has 0 aromatic carbocycles. The van der Waals surface area contributed by atoms with Gasteiger partial charge in [0.2, 0.25) is 0 Å². The third kappa shape index (κ3) is 2.03. The van der Waals surface area contributed by atoms with Crippen molar-refractivity contribution in [1.82, 2.24) is 4.90 Å². The number of hydrogen-bond donors (Lipinski definition) is 0. The highest BCUT2D eigenvalue weighted by molar-refractivity contribution is 5.08. The van der Waals surface area contributed by atoms with E-state index in [0.717, 1.165) is 30.7 Å². The topological polar surface area (TPSA) is 27.0 Å². The Kier molecular flexibility index (Phi) is 2.74. The van der Waals surface area contributed by atoms with Gasteiger partial charge in [0, 0.05) is 13.1 Å². The van der Waals surface area contributed by atoms with Crippen molar-refractivity contribution < 1.29 is 0 Å². The zero-order valence-electron chi connectivity index (χ0n) is 11.7. The molecule has 4 saturated carbocycles. The van der Waals surface area contributed by atoms with Crippen LogP contribution in [0.25, 0.3) is 0 Å². The quantitative estimate of drug-likeness (QED) is 0.708. The third-order valence-electron chi connectivity index (χ3n) is 6.16. The van der Waals surface area contributed by atoms with E-state index in [0.29, 0.717) is 5.41 Å². The second-order valence-electron chi connectivity index (χ2n) is 7.70. The van der Waals surface area contributed by atoms with Gasteiger partial charge in [-0.25, -0.2) is 0 Å². The van der Waals surface area contributed by atoms with Gasteiger partial charge < -0.3 is 0 Å². The molecule has 19 heavy (non-hydrogen) atoms. The SMILES string of the molecule is N#CC1CC=CCN1CC12CC3CC(CC(C3)C1)C2. The first-order valence-corrected chi connectivity index (χ1v) is 8.05. The van der Waals surface area contributed by atoms with Crippen LogP contribution in [0.4, 0.5) is 0 Å². The van der Waals surface area contributed by atoms with Gasteiger partial charge in [-0.05, 0) is 68.1 Å². The molecule has 0 saturated heterocycles. The molecule has 0 amide bonds. The average Bonchev–Trinajstić information content (AvgIpc) is 2.37. The Hall–Kier alpha value is -0.810. The van der Waals surface area contributed by atoms with Crippen LogP contribution < -0.4 is 0 Å². The first-order chi connectivity index (χ1) is 9.26. The van der Waals surface area contributed by atoms with Crippen molar-refractivity contribution >= 4 is 0 Å². The van der Waals surface area contributed by atoms with E-state index < -0.39 is 0 Å². The van der Waals surface area contributed by atoms with E-state index in [1.807, 2.05) is 0 Å². The van der Waals surface area contributed by atoms with Crippen LogP contribution in [-0.4, -0.2) is 24.0 Å². The Balaban J connectivity index is 1.53. The smallest absolute Gasteiger partial charge is 0.102 e. The molecule has 0 N–H and O–H groups in total. The molecule has 102 valence electrons. The lowest BCUT2D eigenvalue weighted by Gasteiger charge is -2.58. The molecule has 0 aromatic rings. The second-order valence-corrected chi connectivity index (χ2v) is 7.70. The normalized spacial score (nSPS) is 48.4. The molecule has 1 heterocycles. The highest BCUT2D eigenvalue weighted by Crippen LogP contribution is 2.60. The zero-order valence-corrected chi connectivity index (χ0v) is 11.7. The van der Waals surface area contributed by atoms with E-state index in [2.05, 4.69) is 23.1 Å². The first-order valence-electron chi connectivity index (χ1n) is 8.05. The van der Waals surface area contributed by atoms with Gasteiger partial charge in [-0.3, -0.25) is 4.90 Å². The van der Waals surface area contributed by atoms with E-state index in [9.17, 15) is 5.26 Å². The van der Waals surface area contributed by atoms with Crippen molar-refractivity contribution in [2.24, 2.45) is 23.2 Å². The minimum atomic E-state index is 0.137. The molecule has 4 aliphatic carbocycles. The summed E-state index contributed by atoms with van der Waals surface area (Å²) in [5.41, 5.74) is 0.578. The van der Waals surface area contributed by atoms with Gasteiger partial charge >= 0.3 is 0 Å². The summed E-state index contributed by atoms with van der Waals surface area (Å²) < 4.78 is 0. The molecular formula is C17H24N2. The van der Waals surface area contributed by atoms with E-state index in [1.165, 1.54) is 45.1 Å². The van der Waals surface area contributed by atoms with Crippen molar-refractivity contribution in [1.29, 1.82) is 5.26 Å². The molecule has 1 aliphatic heterocycles. The highest BCUT2D eigenvalue weighted by Gasteiger charge is 2.51. The standard InChI is InChI=1S/C17H24N2/c18-11-16-3-1-2-4-19(16)12-17-8-13-5-14(9-17)7-15(6-13)10-17/h1-2,13-16H,3-10,12H2. The summed E-state index contributed by atoms with van der Waals surface area (Å²) in [6, 6.07) is 2.65. The Morgan fingerprint density at radius 1 is 1.05 bits per heavy atom. The molecule has 0 spiro atoms. The maximum absolute atomic E-state index is 9.35. The van der Waals surface area contributed by atoms with Crippen LogP contribution >= 0.6 is 0 Å². The van der Waals surface area contributed by atoms with Crippen LogP contribution in [-0.2, 0) is 0 Å². The minimum absolute atomic E-state index is 0.137. The van der Waals surface area contributed by atoms with Gasteiger partial charge in [0.05, 0.1) is 6.07 Å². The molecule has 0 aromatic heterocycles. The summed E-state index contributed by atoms with van der Waals surface area (Å²) in [6.45, 7) is 2.19. The molecule has 2 heteroatoms. The molecular weight excluding hydrogens is 232 g/mol. The molecule has 1 atom stereocenters. The number of hydrogen-bond acceptors (Lipinski definition) is 2. The molecule has 1 unspecified atom stereocenters. The van der Waals surface area contributed by atoms with Crippen molar-refractivity contribution in [2.45, 2.75) is 51.0 Å². The Bertz CT molecular complexity index is 396. The molecule has 2 nitrogen and oxygen atoms in total. The highest BCUT2D eigenvalue weighted by atomic mass is 15.2. The first kappa shape index (κ1) is 12.0. The van der Waals surface area contributed by atoms with Gasteiger partial charge in [-0.1, -0.05) is 12.2 Å². The fraction of sp³-hybridized carbons (Fsp3) is 0.824. The fourth-order valence-corrected chi connectivity index (χ4v) is 5.93. The van der Waals surface area contributed by atoms with Gasteiger partial charge in [0.15, 0.2) is 0 Å². The lowest BCUT2D eigenvalue weighted by Crippen LogP contribution is -2.53.